The molecule has 7 heteroatoms. The Kier molecular flexibility index (Phi) is 3.32. The van der Waals surface area contributed by atoms with Crippen molar-refractivity contribution in [2.24, 2.45) is 5.73 Å². The van der Waals surface area contributed by atoms with Crippen molar-refractivity contribution in [2.45, 2.75) is 6.18 Å². The Balaban J connectivity index is 3.15. The number of benzene rings is 1. The minimum atomic E-state index is -4.43. The molecule has 0 bridgehead atoms. The maximum atomic E-state index is 12.3. The predicted octanol–water partition coefficient (Wildman–Crippen LogP) is 2.69. The summed E-state index contributed by atoms with van der Waals surface area (Å²) in [4.78, 5) is 1.18. The fourth-order valence-corrected chi connectivity index (χ4v) is 1.39. The average Bonchev–Trinajstić information content (AvgIpc) is 2.15. The number of guanidine groups is 1. The molecule has 0 aliphatic rings. The monoisotopic (exact) mass is 251 g/mol. The van der Waals surface area contributed by atoms with Gasteiger partial charge in [-0.05, 0) is 18.2 Å². The molecular formula is C9H9ClF3N3. The second-order valence-corrected chi connectivity index (χ2v) is 3.52. The molecule has 1 aromatic rings. The van der Waals surface area contributed by atoms with Crippen molar-refractivity contribution < 1.29 is 13.2 Å². The number of halogens is 4. The summed E-state index contributed by atoms with van der Waals surface area (Å²) in [6.07, 6.45) is -4.43. The standard InChI is InChI=1S/C9H9ClF3N3/c1-16(8(14)15)7-3-2-5(4-6(7)10)9(11,12)13/h2-4H,1H3,(H3,14,15). The molecule has 0 aliphatic carbocycles. The van der Waals surface area contributed by atoms with Crippen molar-refractivity contribution >= 4 is 23.2 Å². The van der Waals surface area contributed by atoms with Crippen LogP contribution < -0.4 is 10.6 Å². The Morgan fingerprint density at radius 2 is 2.00 bits per heavy atom. The second kappa shape index (κ2) is 4.21. The van der Waals surface area contributed by atoms with Crippen molar-refractivity contribution in [3.8, 4) is 0 Å². The normalized spacial score (nSPS) is 11.3. The van der Waals surface area contributed by atoms with Gasteiger partial charge in [-0.1, -0.05) is 11.6 Å². The summed E-state index contributed by atoms with van der Waals surface area (Å²) in [5.74, 6) is -0.304. The number of rotatable bonds is 1. The molecule has 0 aliphatic heterocycles. The van der Waals surface area contributed by atoms with Crippen LogP contribution in [0.25, 0.3) is 0 Å². The molecule has 0 aromatic heterocycles. The number of nitrogens with one attached hydrogen (secondary N) is 1. The van der Waals surface area contributed by atoms with E-state index < -0.39 is 11.7 Å². The zero-order chi connectivity index (χ0) is 12.5. The Bertz CT molecular complexity index is 417. The van der Waals surface area contributed by atoms with E-state index in [1.54, 1.807) is 0 Å². The van der Waals surface area contributed by atoms with Gasteiger partial charge in [0.1, 0.15) is 0 Å². The quantitative estimate of drug-likeness (QED) is 0.596. The average molecular weight is 252 g/mol. The summed E-state index contributed by atoms with van der Waals surface area (Å²) in [7, 11) is 1.44. The summed E-state index contributed by atoms with van der Waals surface area (Å²) in [5.41, 5.74) is 4.61. The van der Waals surface area contributed by atoms with Crippen LogP contribution in [0.1, 0.15) is 5.56 Å². The molecule has 0 atom stereocenters. The zero-order valence-corrected chi connectivity index (χ0v) is 9.02. The molecule has 3 N–H and O–H groups in total. The maximum Gasteiger partial charge on any atom is 0.416 e. The SMILES string of the molecule is CN(C(=N)N)c1ccc(C(F)(F)F)cc1Cl. The van der Waals surface area contributed by atoms with Gasteiger partial charge >= 0.3 is 6.18 Å². The van der Waals surface area contributed by atoms with Gasteiger partial charge in [0.2, 0.25) is 0 Å². The third-order valence-electron chi connectivity index (χ3n) is 2.00. The maximum absolute atomic E-state index is 12.3. The van der Waals surface area contributed by atoms with Gasteiger partial charge in [-0.25, -0.2) is 0 Å². The van der Waals surface area contributed by atoms with Gasteiger partial charge in [-0.15, -0.1) is 0 Å². The topological polar surface area (TPSA) is 53.1 Å². The summed E-state index contributed by atoms with van der Waals surface area (Å²) in [6, 6.07) is 2.86. The largest absolute Gasteiger partial charge is 0.416 e. The fourth-order valence-electron chi connectivity index (χ4n) is 1.09. The van der Waals surface area contributed by atoms with Gasteiger partial charge in [0.05, 0.1) is 16.3 Å². The van der Waals surface area contributed by atoms with Crippen LogP contribution in [0.15, 0.2) is 18.2 Å². The van der Waals surface area contributed by atoms with Crippen LogP contribution in [0.5, 0.6) is 0 Å². The molecule has 0 radical (unpaired) electrons. The van der Waals surface area contributed by atoms with E-state index in [0.29, 0.717) is 0 Å². The van der Waals surface area contributed by atoms with Crippen molar-refractivity contribution in [2.75, 3.05) is 11.9 Å². The first-order valence-corrected chi connectivity index (χ1v) is 4.56. The van der Waals surface area contributed by atoms with Crippen LogP contribution in [-0.4, -0.2) is 13.0 Å². The number of hydrogen-bond donors (Lipinski definition) is 2. The smallest absolute Gasteiger partial charge is 0.370 e. The molecule has 16 heavy (non-hydrogen) atoms. The minimum absolute atomic E-state index is 0.104. The molecule has 1 rings (SSSR count). The lowest BCUT2D eigenvalue weighted by Gasteiger charge is -2.19. The summed E-state index contributed by atoms with van der Waals surface area (Å²) in [5, 5.41) is 7.03. The second-order valence-electron chi connectivity index (χ2n) is 3.11. The molecule has 0 saturated carbocycles. The fraction of sp³-hybridized carbons (Fsp3) is 0.222. The summed E-state index contributed by atoms with van der Waals surface area (Å²) < 4.78 is 37.0. The van der Waals surface area contributed by atoms with Crippen molar-refractivity contribution in [1.29, 1.82) is 5.41 Å². The Morgan fingerprint density at radius 3 is 2.38 bits per heavy atom. The van der Waals surface area contributed by atoms with Gasteiger partial charge in [-0.3, -0.25) is 5.41 Å². The highest BCUT2D eigenvalue weighted by Crippen LogP contribution is 2.34. The lowest BCUT2D eigenvalue weighted by atomic mass is 10.2. The van der Waals surface area contributed by atoms with Crippen LogP contribution >= 0.6 is 11.6 Å². The molecule has 3 nitrogen and oxygen atoms in total. The molecular weight excluding hydrogens is 243 g/mol. The van der Waals surface area contributed by atoms with Gasteiger partial charge in [-0.2, -0.15) is 13.2 Å². The van der Waals surface area contributed by atoms with Gasteiger partial charge in [0, 0.05) is 7.05 Å². The minimum Gasteiger partial charge on any atom is -0.370 e. The molecule has 0 unspecified atom stereocenters. The number of alkyl halides is 3. The van der Waals surface area contributed by atoms with Crippen LogP contribution in [-0.2, 0) is 6.18 Å². The first kappa shape index (κ1) is 12.6. The van der Waals surface area contributed by atoms with Crippen LogP contribution in [0.2, 0.25) is 5.02 Å². The molecule has 0 heterocycles. The first-order valence-electron chi connectivity index (χ1n) is 4.18. The van der Waals surface area contributed by atoms with E-state index in [2.05, 4.69) is 0 Å². The lowest BCUT2D eigenvalue weighted by molar-refractivity contribution is -0.137. The molecule has 1 aromatic carbocycles. The van der Waals surface area contributed by atoms with E-state index >= 15 is 0 Å². The third-order valence-corrected chi connectivity index (χ3v) is 2.30. The summed E-state index contributed by atoms with van der Waals surface area (Å²) >= 11 is 5.68. The molecule has 88 valence electrons. The van der Waals surface area contributed by atoms with Gasteiger partial charge in [0.25, 0.3) is 0 Å². The van der Waals surface area contributed by atoms with Crippen LogP contribution in [0, 0.1) is 5.41 Å². The Labute approximate surface area is 95.1 Å². The Morgan fingerprint density at radius 1 is 1.44 bits per heavy atom. The van der Waals surface area contributed by atoms with Gasteiger partial charge < -0.3 is 10.6 Å². The summed E-state index contributed by atoms with van der Waals surface area (Å²) in [6.45, 7) is 0. The van der Waals surface area contributed by atoms with E-state index in [1.807, 2.05) is 0 Å². The molecule has 0 spiro atoms. The van der Waals surface area contributed by atoms with Gasteiger partial charge in [0.15, 0.2) is 5.96 Å². The number of nitrogens with zero attached hydrogens (tertiary/aromatic N) is 1. The lowest BCUT2D eigenvalue weighted by Crippen LogP contribution is -2.32. The highest BCUT2D eigenvalue weighted by atomic mass is 35.5. The zero-order valence-electron chi connectivity index (χ0n) is 8.27. The first-order chi connectivity index (χ1) is 7.23. The van der Waals surface area contributed by atoms with E-state index in [9.17, 15) is 13.2 Å². The van der Waals surface area contributed by atoms with E-state index in [1.165, 1.54) is 18.0 Å². The molecule has 0 fully saturated rings. The number of hydrogen-bond acceptors (Lipinski definition) is 1. The van der Waals surface area contributed by atoms with E-state index in [-0.39, 0.29) is 16.7 Å². The van der Waals surface area contributed by atoms with Crippen molar-refractivity contribution in [3.63, 3.8) is 0 Å². The molecule has 0 amide bonds. The van der Waals surface area contributed by atoms with Crippen molar-refractivity contribution in [3.05, 3.63) is 28.8 Å². The Hall–Kier alpha value is -1.43. The van der Waals surface area contributed by atoms with E-state index in [4.69, 9.17) is 22.7 Å². The van der Waals surface area contributed by atoms with Crippen LogP contribution in [0.3, 0.4) is 0 Å². The molecule has 0 saturated heterocycles. The van der Waals surface area contributed by atoms with Crippen LogP contribution in [0.4, 0.5) is 18.9 Å². The van der Waals surface area contributed by atoms with Crippen molar-refractivity contribution in [1.82, 2.24) is 0 Å². The third kappa shape index (κ3) is 2.57. The number of nitrogens with two attached hydrogens (primary N) is 1. The number of anilines is 1. The highest BCUT2D eigenvalue weighted by molar-refractivity contribution is 6.33. The van der Waals surface area contributed by atoms with E-state index in [0.717, 1.165) is 12.1 Å². The predicted molar refractivity (Wildman–Crippen MR) is 56.8 cm³/mol. The highest BCUT2D eigenvalue weighted by Gasteiger charge is 2.31.